The zero-order valence-corrected chi connectivity index (χ0v) is 12.0. The van der Waals surface area contributed by atoms with Crippen LogP contribution in [0.25, 0.3) is 0 Å². The molecular formula is C16H23NO3. The minimum Gasteiger partial charge on any atom is -0.481 e. The molecule has 1 aromatic rings. The van der Waals surface area contributed by atoms with Gasteiger partial charge in [0.1, 0.15) is 5.75 Å². The van der Waals surface area contributed by atoms with Gasteiger partial charge in [0.2, 0.25) is 0 Å². The number of ether oxygens (including phenoxy) is 1. The first-order chi connectivity index (χ1) is 9.70. The van der Waals surface area contributed by atoms with Gasteiger partial charge in [-0.3, -0.25) is 4.79 Å². The molecule has 0 bridgehead atoms. The average Bonchev–Trinajstić information content (AvgIpc) is 2.76. The third-order valence-electron chi connectivity index (χ3n) is 3.68. The van der Waals surface area contributed by atoms with Gasteiger partial charge in [0, 0.05) is 13.1 Å². The number of aliphatic hydroxyl groups excluding tert-OH is 1. The Kier molecular flexibility index (Phi) is 5.41. The summed E-state index contributed by atoms with van der Waals surface area (Å²) >= 11 is 0. The maximum Gasteiger partial charge on any atom is 0.263 e. The Bertz CT molecular complexity index is 422. The molecule has 0 aromatic heterocycles. The fourth-order valence-corrected chi connectivity index (χ4v) is 2.48. The lowest BCUT2D eigenvalue weighted by molar-refractivity contribution is -0.137. The third kappa shape index (κ3) is 3.97. The van der Waals surface area contributed by atoms with Crippen LogP contribution in [0.15, 0.2) is 24.3 Å². The Morgan fingerprint density at radius 1 is 1.20 bits per heavy atom. The molecule has 1 fully saturated rings. The van der Waals surface area contributed by atoms with Crippen molar-refractivity contribution < 1.29 is 14.6 Å². The minimum atomic E-state index is -0.465. The molecule has 1 aliphatic heterocycles. The molecule has 1 N–H and O–H groups in total. The molecule has 1 heterocycles. The standard InChI is InChI=1S/C16H23NO3/c1-13(16(19)17-10-4-2-3-5-11-17)20-15-8-6-14(12-18)7-9-15/h6-9,13,18H,2-5,10-12H2,1H3. The molecule has 0 aliphatic carbocycles. The highest BCUT2D eigenvalue weighted by Gasteiger charge is 2.22. The summed E-state index contributed by atoms with van der Waals surface area (Å²) in [7, 11) is 0. The maximum absolute atomic E-state index is 12.3. The Labute approximate surface area is 120 Å². The molecule has 0 spiro atoms. The molecule has 1 amide bonds. The molecule has 2 rings (SSSR count). The van der Waals surface area contributed by atoms with Gasteiger partial charge < -0.3 is 14.7 Å². The molecule has 0 radical (unpaired) electrons. The van der Waals surface area contributed by atoms with Crippen LogP contribution in [-0.4, -0.2) is 35.1 Å². The highest BCUT2D eigenvalue weighted by Crippen LogP contribution is 2.16. The highest BCUT2D eigenvalue weighted by atomic mass is 16.5. The predicted octanol–water partition coefficient (Wildman–Crippen LogP) is 2.35. The van der Waals surface area contributed by atoms with Gasteiger partial charge in [-0.15, -0.1) is 0 Å². The fraction of sp³-hybridized carbons (Fsp3) is 0.562. The largest absolute Gasteiger partial charge is 0.481 e. The van der Waals surface area contributed by atoms with Crippen LogP contribution >= 0.6 is 0 Å². The van der Waals surface area contributed by atoms with Crippen LogP contribution in [0.4, 0.5) is 0 Å². The lowest BCUT2D eigenvalue weighted by atomic mass is 10.2. The van der Waals surface area contributed by atoms with Crippen LogP contribution in [0, 0.1) is 0 Å². The summed E-state index contributed by atoms with van der Waals surface area (Å²) in [4.78, 5) is 14.3. The van der Waals surface area contributed by atoms with E-state index < -0.39 is 6.10 Å². The molecule has 1 unspecified atom stereocenters. The van der Waals surface area contributed by atoms with Crippen molar-refractivity contribution >= 4 is 5.91 Å². The number of aliphatic hydroxyl groups is 1. The Morgan fingerprint density at radius 2 is 1.80 bits per heavy atom. The quantitative estimate of drug-likeness (QED) is 0.919. The molecule has 1 atom stereocenters. The summed E-state index contributed by atoms with van der Waals surface area (Å²) in [6.45, 7) is 3.50. The molecule has 1 saturated heterocycles. The van der Waals surface area contributed by atoms with Crippen molar-refractivity contribution in [2.75, 3.05) is 13.1 Å². The SMILES string of the molecule is CC(Oc1ccc(CO)cc1)C(=O)N1CCCCCC1. The first-order valence-electron chi connectivity index (χ1n) is 7.36. The molecule has 110 valence electrons. The van der Waals surface area contributed by atoms with E-state index in [1.54, 1.807) is 31.2 Å². The van der Waals surface area contributed by atoms with Gasteiger partial charge in [-0.25, -0.2) is 0 Å². The van der Waals surface area contributed by atoms with E-state index in [-0.39, 0.29) is 12.5 Å². The average molecular weight is 277 g/mol. The summed E-state index contributed by atoms with van der Waals surface area (Å²) in [6, 6.07) is 7.19. The lowest BCUT2D eigenvalue weighted by Crippen LogP contribution is -2.40. The van der Waals surface area contributed by atoms with Crippen molar-refractivity contribution in [3.63, 3.8) is 0 Å². The first kappa shape index (κ1) is 14.9. The van der Waals surface area contributed by atoms with E-state index >= 15 is 0 Å². The maximum atomic E-state index is 12.3. The van der Waals surface area contributed by atoms with E-state index in [1.807, 2.05) is 4.90 Å². The number of carbonyl (C=O) groups excluding carboxylic acids is 1. The molecule has 1 aliphatic rings. The third-order valence-corrected chi connectivity index (χ3v) is 3.68. The number of benzene rings is 1. The smallest absolute Gasteiger partial charge is 0.263 e. The summed E-state index contributed by atoms with van der Waals surface area (Å²) < 4.78 is 5.70. The van der Waals surface area contributed by atoms with Crippen LogP contribution in [0.1, 0.15) is 38.2 Å². The second-order valence-electron chi connectivity index (χ2n) is 5.30. The zero-order chi connectivity index (χ0) is 14.4. The topological polar surface area (TPSA) is 49.8 Å². The first-order valence-corrected chi connectivity index (χ1v) is 7.36. The number of likely N-dealkylation sites (tertiary alicyclic amines) is 1. The van der Waals surface area contributed by atoms with E-state index in [4.69, 9.17) is 9.84 Å². The van der Waals surface area contributed by atoms with Gasteiger partial charge in [-0.2, -0.15) is 0 Å². The second kappa shape index (κ2) is 7.29. The Morgan fingerprint density at radius 3 is 2.35 bits per heavy atom. The lowest BCUT2D eigenvalue weighted by Gasteiger charge is -2.24. The zero-order valence-electron chi connectivity index (χ0n) is 12.0. The number of hydrogen-bond donors (Lipinski definition) is 1. The summed E-state index contributed by atoms with van der Waals surface area (Å²) in [5, 5.41) is 8.99. The monoisotopic (exact) mass is 277 g/mol. The van der Waals surface area contributed by atoms with E-state index in [1.165, 1.54) is 12.8 Å². The number of rotatable bonds is 4. The molecule has 0 saturated carbocycles. The van der Waals surface area contributed by atoms with Crippen LogP contribution in [0.3, 0.4) is 0 Å². The van der Waals surface area contributed by atoms with E-state index in [2.05, 4.69) is 0 Å². The predicted molar refractivity (Wildman–Crippen MR) is 77.5 cm³/mol. The molecule has 1 aromatic carbocycles. The van der Waals surface area contributed by atoms with Crippen molar-refractivity contribution in [3.8, 4) is 5.75 Å². The van der Waals surface area contributed by atoms with Gasteiger partial charge in [0.25, 0.3) is 5.91 Å². The van der Waals surface area contributed by atoms with E-state index in [0.29, 0.717) is 5.75 Å². The number of hydrogen-bond acceptors (Lipinski definition) is 3. The van der Waals surface area contributed by atoms with Gasteiger partial charge >= 0.3 is 0 Å². The summed E-state index contributed by atoms with van der Waals surface area (Å²) in [5.41, 5.74) is 0.837. The number of nitrogens with zero attached hydrogens (tertiary/aromatic N) is 1. The van der Waals surface area contributed by atoms with Crippen molar-refractivity contribution in [2.24, 2.45) is 0 Å². The Hall–Kier alpha value is -1.55. The van der Waals surface area contributed by atoms with E-state index in [9.17, 15) is 4.79 Å². The molecule has 4 heteroatoms. The van der Waals surface area contributed by atoms with Gasteiger partial charge in [-0.1, -0.05) is 25.0 Å². The molecular weight excluding hydrogens is 254 g/mol. The van der Waals surface area contributed by atoms with Crippen LogP contribution < -0.4 is 4.74 Å². The molecule has 20 heavy (non-hydrogen) atoms. The van der Waals surface area contributed by atoms with Crippen LogP contribution in [0.5, 0.6) is 5.75 Å². The van der Waals surface area contributed by atoms with E-state index in [0.717, 1.165) is 31.5 Å². The van der Waals surface area contributed by atoms with Crippen LogP contribution in [0.2, 0.25) is 0 Å². The van der Waals surface area contributed by atoms with Gasteiger partial charge in [0.15, 0.2) is 6.10 Å². The van der Waals surface area contributed by atoms with Crippen LogP contribution in [-0.2, 0) is 11.4 Å². The highest BCUT2D eigenvalue weighted by molar-refractivity contribution is 5.80. The fourth-order valence-electron chi connectivity index (χ4n) is 2.48. The van der Waals surface area contributed by atoms with Crippen molar-refractivity contribution in [1.82, 2.24) is 4.90 Å². The second-order valence-corrected chi connectivity index (χ2v) is 5.30. The van der Waals surface area contributed by atoms with Crippen molar-refractivity contribution in [3.05, 3.63) is 29.8 Å². The van der Waals surface area contributed by atoms with Gasteiger partial charge in [-0.05, 0) is 37.5 Å². The number of carbonyl (C=O) groups is 1. The molecule has 4 nitrogen and oxygen atoms in total. The normalized spacial score (nSPS) is 17.4. The summed E-state index contributed by atoms with van der Waals surface area (Å²) in [6.07, 6.45) is 4.13. The van der Waals surface area contributed by atoms with Crippen molar-refractivity contribution in [1.29, 1.82) is 0 Å². The van der Waals surface area contributed by atoms with Crippen molar-refractivity contribution in [2.45, 2.75) is 45.3 Å². The number of amides is 1. The minimum absolute atomic E-state index is 0.0164. The van der Waals surface area contributed by atoms with Gasteiger partial charge in [0.05, 0.1) is 6.61 Å². The summed E-state index contributed by atoms with van der Waals surface area (Å²) in [5.74, 6) is 0.732. The Balaban J connectivity index is 1.92.